The average molecular weight is 285 g/mol. The van der Waals surface area contributed by atoms with Crippen LogP contribution in [0.25, 0.3) is 10.7 Å². The van der Waals surface area contributed by atoms with E-state index in [2.05, 4.69) is 30.9 Å². The summed E-state index contributed by atoms with van der Waals surface area (Å²) >= 11 is 1.62. The van der Waals surface area contributed by atoms with Crippen LogP contribution in [0, 0.1) is 6.92 Å². The topological polar surface area (TPSA) is 66.5 Å². The van der Waals surface area contributed by atoms with Crippen molar-refractivity contribution >= 4 is 11.3 Å². The van der Waals surface area contributed by atoms with Crippen molar-refractivity contribution in [3.63, 3.8) is 0 Å². The van der Waals surface area contributed by atoms with E-state index in [1.165, 1.54) is 5.56 Å². The third kappa shape index (κ3) is 2.92. The van der Waals surface area contributed by atoms with E-state index in [1.807, 2.05) is 31.3 Å². The van der Waals surface area contributed by atoms with Gasteiger partial charge < -0.3 is 5.32 Å². The largest absolute Gasteiger partial charge is 0.307 e. The second-order valence-electron chi connectivity index (χ2n) is 4.48. The van der Waals surface area contributed by atoms with Crippen molar-refractivity contribution in [2.75, 3.05) is 0 Å². The summed E-state index contributed by atoms with van der Waals surface area (Å²) < 4.78 is 0. The SMILES string of the molecule is Cc1[nH]ncc1CNCc1csc(-c2ccccn2)n1. The van der Waals surface area contributed by atoms with Crippen molar-refractivity contribution in [3.05, 3.63) is 52.9 Å². The summed E-state index contributed by atoms with van der Waals surface area (Å²) in [4.78, 5) is 8.90. The predicted octanol–water partition coefficient (Wildman–Crippen LogP) is 2.53. The molecule has 0 spiro atoms. The van der Waals surface area contributed by atoms with Crippen LogP contribution in [0.1, 0.15) is 17.0 Å². The van der Waals surface area contributed by atoms with Gasteiger partial charge in [0.1, 0.15) is 5.01 Å². The van der Waals surface area contributed by atoms with Gasteiger partial charge in [0.05, 0.1) is 17.6 Å². The summed E-state index contributed by atoms with van der Waals surface area (Å²) in [5.74, 6) is 0. The molecule has 0 aromatic carbocycles. The van der Waals surface area contributed by atoms with E-state index in [0.29, 0.717) is 0 Å². The molecule has 5 nitrogen and oxygen atoms in total. The van der Waals surface area contributed by atoms with Crippen LogP contribution in [-0.2, 0) is 13.1 Å². The lowest BCUT2D eigenvalue weighted by molar-refractivity contribution is 0.680. The number of pyridine rings is 1. The molecular formula is C14H15N5S. The summed E-state index contributed by atoms with van der Waals surface area (Å²) in [6, 6.07) is 5.86. The Kier molecular flexibility index (Phi) is 3.85. The van der Waals surface area contributed by atoms with Gasteiger partial charge in [-0.2, -0.15) is 5.10 Å². The molecule has 102 valence electrons. The first-order valence-electron chi connectivity index (χ1n) is 6.38. The van der Waals surface area contributed by atoms with Gasteiger partial charge in [0.2, 0.25) is 0 Å². The Labute approximate surface area is 121 Å². The second kappa shape index (κ2) is 5.94. The van der Waals surface area contributed by atoms with Crippen LogP contribution in [0.15, 0.2) is 36.0 Å². The fourth-order valence-electron chi connectivity index (χ4n) is 1.87. The molecule has 2 N–H and O–H groups in total. The highest BCUT2D eigenvalue weighted by molar-refractivity contribution is 7.13. The maximum Gasteiger partial charge on any atom is 0.142 e. The van der Waals surface area contributed by atoms with Crippen LogP contribution in [-0.4, -0.2) is 20.2 Å². The van der Waals surface area contributed by atoms with Crippen molar-refractivity contribution in [1.29, 1.82) is 0 Å². The number of nitrogens with zero attached hydrogens (tertiary/aromatic N) is 3. The minimum atomic E-state index is 0.744. The number of aryl methyl sites for hydroxylation is 1. The molecular weight excluding hydrogens is 270 g/mol. The molecule has 20 heavy (non-hydrogen) atoms. The van der Waals surface area contributed by atoms with E-state index in [-0.39, 0.29) is 0 Å². The van der Waals surface area contributed by atoms with E-state index in [1.54, 1.807) is 17.5 Å². The van der Waals surface area contributed by atoms with Crippen molar-refractivity contribution < 1.29 is 0 Å². The number of nitrogens with one attached hydrogen (secondary N) is 2. The number of hydrogen-bond donors (Lipinski definition) is 2. The number of aromatic amines is 1. The van der Waals surface area contributed by atoms with Gasteiger partial charge >= 0.3 is 0 Å². The summed E-state index contributed by atoms with van der Waals surface area (Å²) in [5.41, 5.74) is 4.25. The zero-order valence-corrected chi connectivity index (χ0v) is 11.9. The van der Waals surface area contributed by atoms with Crippen molar-refractivity contribution in [1.82, 2.24) is 25.5 Å². The Balaban J connectivity index is 1.59. The lowest BCUT2D eigenvalue weighted by Gasteiger charge is -2.01. The average Bonchev–Trinajstić information content (AvgIpc) is 3.10. The lowest BCUT2D eigenvalue weighted by Crippen LogP contribution is -2.13. The highest BCUT2D eigenvalue weighted by Gasteiger charge is 2.05. The van der Waals surface area contributed by atoms with Crippen LogP contribution >= 0.6 is 11.3 Å². The molecule has 0 radical (unpaired) electrons. The summed E-state index contributed by atoms with van der Waals surface area (Å²) in [5, 5.41) is 13.3. The minimum Gasteiger partial charge on any atom is -0.307 e. The molecule has 3 aromatic heterocycles. The fraction of sp³-hybridized carbons (Fsp3) is 0.214. The summed E-state index contributed by atoms with van der Waals surface area (Å²) in [6.07, 6.45) is 3.64. The monoisotopic (exact) mass is 285 g/mol. The van der Waals surface area contributed by atoms with Crippen LogP contribution < -0.4 is 5.32 Å². The predicted molar refractivity (Wildman–Crippen MR) is 79.2 cm³/mol. The molecule has 6 heteroatoms. The molecule has 3 heterocycles. The molecule has 0 aliphatic heterocycles. The van der Waals surface area contributed by atoms with Gasteiger partial charge in [-0.1, -0.05) is 6.07 Å². The Bertz CT molecular complexity index is 674. The number of H-pyrrole nitrogens is 1. The molecule has 0 saturated carbocycles. The standard InChI is InChI=1S/C14H15N5S/c1-10-11(7-17-19-10)6-15-8-12-9-20-14(18-12)13-4-2-3-5-16-13/h2-5,7,9,15H,6,8H2,1H3,(H,17,19). The molecule has 0 fully saturated rings. The van der Waals surface area contributed by atoms with Crippen molar-refractivity contribution in [3.8, 4) is 10.7 Å². The van der Waals surface area contributed by atoms with Crippen molar-refractivity contribution in [2.24, 2.45) is 0 Å². The van der Waals surface area contributed by atoms with Crippen LogP contribution in [0.3, 0.4) is 0 Å². The second-order valence-corrected chi connectivity index (χ2v) is 5.34. The molecule has 0 amide bonds. The van der Waals surface area contributed by atoms with Gasteiger partial charge in [0.15, 0.2) is 0 Å². The molecule has 0 bridgehead atoms. The van der Waals surface area contributed by atoms with Gasteiger partial charge in [0.25, 0.3) is 0 Å². The third-order valence-electron chi connectivity index (χ3n) is 2.99. The van der Waals surface area contributed by atoms with Crippen LogP contribution in [0.5, 0.6) is 0 Å². The lowest BCUT2D eigenvalue weighted by atomic mass is 10.2. The Morgan fingerprint density at radius 1 is 1.30 bits per heavy atom. The van der Waals surface area contributed by atoms with Gasteiger partial charge in [-0.3, -0.25) is 10.1 Å². The third-order valence-corrected chi connectivity index (χ3v) is 3.91. The molecule has 0 atom stereocenters. The number of thiazole rings is 1. The zero-order valence-electron chi connectivity index (χ0n) is 11.1. The quantitative estimate of drug-likeness (QED) is 0.756. The number of rotatable bonds is 5. The van der Waals surface area contributed by atoms with E-state index in [0.717, 1.165) is 35.2 Å². The maximum atomic E-state index is 4.59. The first-order valence-corrected chi connectivity index (χ1v) is 7.26. The van der Waals surface area contributed by atoms with Crippen LogP contribution in [0.2, 0.25) is 0 Å². The van der Waals surface area contributed by atoms with E-state index in [4.69, 9.17) is 0 Å². The highest BCUT2D eigenvalue weighted by Crippen LogP contribution is 2.21. The highest BCUT2D eigenvalue weighted by atomic mass is 32.1. The van der Waals surface area contributed by atoms with E-state index in [9.17, 15) is 0 Å². The van der Waals surface area contributed by atoms with Gasteiger partial charge in [-0.15, -0.1) is 11.3 Å². The number of hydrogen-bond acceptors (Lipinski definition) is 5. The van der Waals surface area contributed by atoms with Gasteiger partial charge in [-0.25, -0.2) is 4.98 Å². The molecule has 3 aromatic rings. The maximum absolute atomic E-state index is 4.59. The molecule has 0 unspecified atom stereocenters. The summed E-state index contributed by atoms with van der Waals surface area (Å²) in [6.45, 7) is 3.55. The molecule has 0 aliphatic carbocycles. The first kappa shape index (κ1) is 13.0. The smallest absolute Gasteiger partial charge is 0.142 e. The van der Waals surface area contributed by atoms with E-state index < -0.39 is 0 Å². The number of aromatic nitrogens is 4. The van der Waals surface area contributed by atoms with Crippen LogP contribution in [0.4, 0.5) is 0 Å². The molecule has 0 aliphatic rings. The Morgan fingerprint density at radius 3 is 3.00 bits per heavy atom. The normalized spacial score (nSPS) is 10.8. The Morgan fingerprint density at radius 2 is 2.25 bits per heavy atom. The minimum absolute atomic E-state index is 0.744. The first-order chi connectivity index (χ1) is 9.83. The molecule has 3 rings (SSSR count). The van der Waals surface area contributed by atoms with Gasteiger partial charge in [0, 0.05) is 35.9 Å². The molecule has 0 saturated heterocycles. The van der Waals surface area contributed by atoms with E-state index >= 15 is 0 Å². The summed E-state index contributed by atoms with van der Waals surface area (Å²) in [7, 11) is 0. The van der Waals surface area contributed by atoms with Crippen molar-refractivity contribution in [2.45, 2.75) is 20.0 Å². The fourth-order valence-corrected chi connectivity index (χ4v) is 2.67. The van der Waals surface area contributed by atoms with Gasteiger partial charge in [-0.05, 0) is 19.1 Å². The Hall–Kier alpha value is -2.05. The zero-order chi connectivity index (χ0) is 13.8.